The minimum Gasteiger partial charge on any atom is -0.478 e. The lowest BCUT2D eigenvalue weighted by molar-refractivity contribution is 0.0695. The molecule has 0 fully saturated rings. The molecule has 0 spiro atoms. The van der Waals surface area contributed by atoms with Crippen LogP contribution in [0.2, 0.25) is 0 Å². The first-order valence-electron chi connectivity index (χ1n) is 6.57. The molecule has 0 atom stereocenters. The minimum atomic E-state index is -0.813. The van der Waals surface area contributed by atoms with Gasteiger partial charge < -0.3 is 5.11 Å². The molecule has 0 saturated carbocycles. The molecule has 0 heterocycles. The van der Waals surface area contributed by atoms with Crippen molar-refractivity contribution in [2.24, 2.45) is 0 Å². The number of carboxylic acids is 1. The van der Waals surface area contributed by atoms with Crippen LogP contribution in [0.25, 0.3) is 0 Å². The number of aryl methyl sites for hydroxylation is 1. The summed E-state index contributed by atoms with van der Waals surface area (Å²) in [5, 5.41) is 9.04. The van der Waals surface area contributed by atoms with E-state index in [9.17, 15) is 4.79 Å². The molecule has 1 aromatic rings. The highest BCUT2D eigenvalue weighted by atomic mass is 16.4. The molecule has 0 amide bonds. The van der Waals surface area contributed by atoms with Crippen molar-refractivity contribution in [1.82, 2.24) is 0 Å². The highest BCUT2D eigenvalue weighted by Crippen LogP contribution is 2.14. The number of hydrogen-bond donors (Lipinski definition) is 1. The summed E-state index contributed by atoms with van der Waals surface area (Å²) in [7, 11) is 0. The number of unbranched alkanes of at least 4 members (excludes halogenated alkanes) is 5. The van der Waals surface area contributed by atoms with Crippen LogP contribution in [-0.2, 0) is 6.42 Å². The third kappa shape index (κ3) is 5.03. The van der Waals surface area contributed by atoms with Crippen LogP contribution >= 0.6 is 0 Å². The molecule has 0 radical (unpaired) electrons. The maximum Gasteiger partial charge on any atom is 0.335 e. The number of aromatic carboxylic acids is 1. The highest BCUT2D eigenvalue weighted by Gasteiger charge is 2.07. The summed E-state index contributed by atoms with van der Waals surface area (Å²) in [6, 6.07) is 7.32. The average molecular weight is 234 g/mol. The van der Waals surface area contributed by atoms with Gasteiger partial charge in [0.15, 0.2) is 0 Å². The maximum absolute atomic E-state index is 11.0. The first-order chi connectivity index (χ1) is 8.25. The maximum atomic E-state index is 11.0. The topological polar surface area (TPSA) is 37.3 Å². The van der Waals surface area contributed by atoms with Crippen molar-refractivity contribution in [3.05, 3.63) is 35.4 Å². The van der Waals surface area contributed by atoms with E-state index in [2.05, 4.69) is 6.92 Å². The predicted molar refractivity (Wildman–Crippen MR) is 70.5 cm³/mol. The molecule has 1 rings (SSSR count). The summed E-state index contributed by atoms with van der Waals surface area (Å²) in [6.07, 6.45) is 8.32. The van der Waals surface area contributed by atoms with Crippen LogP contribution in [0.3, 0.4) is 0 Å². The molecule has 0 unspecified atom stereocenters. The molecule has 0 aliphatic heterocycles. The molecular formula is C15H22O2. The summed E-state index contributed by atoms with van der Waals surface area (Å²) < 4.78 is 0. The lowest BCUT2D eigenvalue weighted by atomic mass is 10.0. The van der Waals surface area contributed by atoms with Crippen molar-refractivity contribution in [2.75, 3.05) is 0 Å². The minimum absolute atomic E-state index is 0.459. The Morgan fingerprint density at radius 3 is 2.41 bits per heavy atom. The average Bonchev–Trinajstić information content (AvgIpc) is 2.34. The first kappa shape index (κ1) is 13.8. The monoisotopic (exact) mass is 234 g/mol. The Morgan fingerprint density at radius 1 is 1.06 bits per heavy atom. The van der Waals surface area contributed by atoms with Crippen LogP contribution in [0.1, 0.15) is 61.4 Å². The van der Waals surface area contributed by atoms with E-state index in [-0.39, 0.29) is 0 Å². The van der Waals surface area contributed by atoms with Gasteiger partial charge in [0.25, 0.3) is 0 Å². The van der Waals surface area contributed by atoms with Crippen LogP contribution in [0.15, 0.2) is 24.3 Å². The molecule has 94 valence electrons. The Labute approximate surface area is 104 Å². The van der Waals surface area contributed by atoms with Crippen LogP contribution in [0.4, 0.5) is 0 Å². The largest absolute Gasteiger partial charge is 0.478 e. The third-order valence-electron chi connectivity index (χ3n) is 3.05. The molecular weight excluding hydrogens is 212 g/mol. The Balaban J connectivity index is 2.34. The number of hydrogen-bond acceptors (Lipinski definition) is 1. The molecule has 0 aliphatic rings. The van der Waals surface area contributed by atoms with Crippen molar-refractivity contribution in [3.8, 4) is 0 Å². The van der Waals surface area contributed by atoms with E-state index in [1.54, 1.807) is 12.1 Å². The normalized spacial score (nSPS) is 10.4. The second-order valence-corrected chi connectivity index (χ2v) is 4.48. The zero-order chi connectivity index (χ0) is 12.5. The summed E-state index contributed by atoms with van der Waals surface area (Å²) in [4.78, 5) is 11.0. The van der Waals surface area contributed by atoms with E-state index in [0.29, 0.717) is 5.56 Å². The zero-order valence-corrected chi connectivity index (χ0v) is 10.6. The number of carboxylic acid groups (broad SMARTS) is 1. The number of benzene rings is 1. The van der Waals surface area contributed by atoms with Gasteiger partial charge in [-0.05, 0) is 24.5 Å². The van der Waals surface area contributed by atoms with Crippen LogP contribution < -0.4 is 0 Å². The Bertz CT molecular complexity index is 345. The van der Waals surface area contributed by atoms with Crippen molar-refractivity contribution >= 4 is 5.97 Å². The van der Waals surface area contributed by atoms with Gasteiger partial charge >= 0.3 is 5.97 Å². The molecule has 2 nitrogen and oxygen atoms in total. The smallest absolute Gasteiger partial charge is 0.335 e. The second kappa shape index (κ2) is 7.88. The van der Waals surface area contributed by atoms with E-state index >= 15 is 0 Å². The van der Waals surface area contributed by atoms with Gasteiger partial charge in [-0.25, -0.2) is 4.79 Å². The van der Waals surface area contributed by atoms with Gasteiger partial charge in [0.2, 0.25) is 0 Å². The van der Waals surface area contributed by atoms with Gasteiger partial charge in [-0.2, -0.15) is 0 Å². The molecule has 1 N–H and O–H groups in total. The Morgan fingerprint density at radius 2 is 1.71 bits per heavy atom. The summed E-state index contributed by atoms with van der Waals surface area (Å²) in [6.45, 7) is 2.21. The Hall–Kier alpha value is -1.31. The number of rotatable bonds is 8. The predicted octanol–water partition coefficient (Wildman–Crippen LogP) is 4.29. The van der Waals surface area contributed by atoms with Crippen molar-refractivity contribution < 1.29 is 9.90 Å². The van der Waals surface area contributed by atoms with Gasteiger partial charge in [-0.3, -0.25) is 0 Å². The summed E-state index contributed by atoms with van der Waals surface area (Å²) >= 11 is 0. The Kier molecular flexibility index (Phi) is 6.38. The first-order valence-corrected chi connectivity index (χ1v) is 6.57. The van der Waals surface area contributed by atoms with Gasteiger partial charge in [0.05, 0.1) is 5.56 Å². The molecule has 0 aliphatic carbocycles. The van der Waals surface area contributed by atoms with E-state index in [0.717, 1.165) is 18.4 Å². The SMILES string of the molecule is CCCCCCCCc1ccccc1C(=O)O. The quantitative estimate of drug-likeness (QED) is 0.681. The van der Waals surface area contributed by atoms with E-state index in [1.807, 2.05) is 12.1 Å². The zero-order valence-electron chi connectivity index (χ0n) is 10.6. The van der Waals surface area contributed by atoms with Crippen molar-refractivity contribution in [3.63, 3.8) is 0 Å². The molecule has 17 heavy (non-hydrogen) atoms. The molecule has 2 heteroatoms. The van der Waals surface area contributed by atoms with Crippen molar-refractivity contribution in [2.45, 2.75) is 51.9 Å². The van der Waals surface area contributed by atoms with Crippen LogP contribution in [0.5, 0.6) is 0 Å². The third-order valence-corrected chi connectivity index (χ3v) is 3.05. The van der Waals surface area contributed by atoms with Crippen LogP contribution in [0, 0.1) is 0 Å². The lowest BCUT2D eigenvalue weighted by Gasteiger charge is -2.05. The lowest BCUT2D eigenvalue weighted by Crippen LogP contribution is -2.02. The fourth-order valence-electron chi connectivity index (χ4n) is 2.04. The fourth-order valence-corrected chi connectivity index (χ4v) is 2.04. The number of carbonyl (C=O) groups is 1. The van der Waals surface area contributed by atoms with Gasteiger partial charge in [0, 0.05) is 0 Å². The van der Waals surface area contributed by atoms with Gasteiger partial charge in [0.1, 0.15) is 0 Å². The highest BCUT2D eigenvalue weighted by molar-refractivity contribution is 5.89. The standard InChI is InChI=1S/C15H22O2/c1-2-3-4-5-6-7-10-13-11-8-9-12-14(13)15(16)17/h8-9,11-12H,2-7,10H2,1H3,(H,16,17). The van der Waals surface area contributed by atoms with E-state index in [4.69, 9.17) is 5.11 Å². The summed E-state index contributed by atoms with van der Waals surface area (Å²) in [5.74, 6) is -0.813. The molecule has 0 bridgehead atoms. The van der Waals surface area contributed by atoms with E-state index in [1.165, 1.54) is 32.1 Å². The van der Waals surface area contributed by atoms with E-state index < -0.39 is 5.97 Å². The van der Waals surface area contributed by atoms with Gasteiger partial charge in [-0.1, -0.05) is 57.2 Å². The molecule has 0 saturated heterocycles. The fraction of sp³-hybridized carbons (Fsp3) is 0.533. The van der Waals surface area contributed by atoms with Crippen LogP contribution in [-0.4, -0.2) is 11.1 Å². The molecule has 0 aromatic heterocycles. The summed E-state index contributed by atoms with van der Waals surface area (Å²) in [5.41, 5.74) is 1.43. The van der Waals surface area contributed by atoms with Crippen molar-refractivity contribution in [1.29, 1.82) is 0 Å². The second-order valence-electron chi connectivity index (χ2n) is 4.48. The van der Waals surface area contributed by atoms with Gasteiger partial charge in [-0.15, -0.1) is 0 Å². The molecule has 1 aromatic carbocycles.